The summed E-state index contributed by atoms with van der Waals surface area (Å²) in [4.78, 5) is 0. The first kappa shape index (κ1) is 57.7. The van der Waals surface area contributed by atoms with E-state index >= 15 is 0 Å². The zero-order valence-electron chi connectivity index (χ0n) is 5.18. The number of hydrogen-bond donors (Lipinski definition) is 2. The molecule has 0 radical (unpaired) electrons. The van der Waals surface area contributed by atoms with E-state index in [0.717, 1.165) is 0 Å². The minimum Gasteiger partial charge on any atom is -1.00 e. The quantitative estimate of drug-likeness (QED) is 0.310. The van der Waals surface area contributed by atoms with Crippen molar-refractivity contribution in [3.63, 3.8) is 0 Å². The Morgan fingerprint density at radius 3 is 1.00 bits per heavy atom. The molecule has 0 aliphatic heterocycles. The van der Waals surface area contributed by atoms with Crippen LogP contribution in [0.2, 0.25) is 0 Å². The molecule has 0 atom stereocenters. The van der Waals surface area contributed by atoms with E-state index in [1.807, 2.05) is 0 Å². The average Bonchev–Trinajstić information content (AvgIpc) is 1.00. The van der Waals surface area contributed by atoms with Gasteiger partial charge in [0.1, 0.15) is 0 Å². The van der Waals surface area contributed by atoms with Gasteiger partial charge in [0.2, 0.25) is 0 Å². The zero-order valence-corrected chi connectivity index (χ0v) is 7.29. The van der Waals surface area contributed by atoms with Crippen LogP contribution in [0, 0.1) is 0 Å². The molecule has 0 saturated carbocycles. The van der Waals surface area contributed by atoms with Gasteiger partial charge in [-0.25, -0.2) is 0 Å². The second-order valence-electron chi connectivity index (χ2n) is 0. The summed E-state index contributed by atoms with van der Waals surface area (Å²) in [6.45, 7) is 6.00. The van der Waals surface area contributed by atoms with Crippen LogP contribution in [0.4, 0.5) is 0 Å². The normalized spacial score (nSPS) is 0.667. The largest absolute Gasteiger partial charge is 1.00 e. The minimum atomic E-state index is 0. The average molecular weight is 142 g/mol. The molecule has 2 nitrogen and oxygen atoms in total. The van der Waals surface area contributed by atoms with E-state index in [-0.39, 0.29) is 60.4 Å². The van der Waals surface area contributed by atoms with Crippen LogP contribution in [0.25, 0.3) is 0 Å². The third-order valence-corrected chi connectivity index (χ3v) is 0. The molecule has 6 N–H and O–H groups in total. The van der Waals surface area contributed by atoms with E-state index in [0.29, 0.717) is 0 Å². The Balaban J connectivity index is -0.000000000500. The summed E-state index contributed by atoms with van der Waals surface area (Å²) in [6.07, 6.45) is 0. The van der Waals surface area contributed by atoms with Crippen LogP contribution in [0.15, 0.2) is 13.2 Å². The van der Waals surface area contributed by atoms with Gasteiger partial charge in [-0.3, -0.25) is 0 Å². The van der Waals surface area contributed by atoms with Crippen molar-refractivity contribution < 1.29 is 48.1 Å². The summed E-state index contributed by atoms with van der Waals surface area (Å²) in [5.74, 6) is 0. The van der Waals surface area contributed by atoms with Gasteiger partial charge in [-0.2, -0.15) is 0 Å². The monoisotopic (exact) mass is 142 g/mol. The molecule has 6 heavy (non-hydrogen) atoms. The predicted molar refractivity (Wildman–Crippen MR) is 22.4 cm³/mol. The molecule has 0 rings (SSSR count). The molecule has 0 amide bonds. The van der Waals surface area contributed by atoms with Crippen molar-refractivity contribution in [1.82, 2.24) is 12.3 Å². The van der Waals surface area contributed by atoms with Crippen molar-refractivity contribution in [1.29, 1.82) is 0 Å². The standard InChI is InChI=1S/C2H4.Fe.2H3N.Na.H/c1-2;;;;;/h1-2H2;;2*1H3;;/q;;;;+1;-1. The molecule has 0 unspecified atom stereocenters. The number of rotatable bonds is 0. The molecule has 0 saturated heterocycles. The SMILES string of the molecule is C=C.N.N.[Fe].[H-].[Na+]. The fourth-order valence-electron chi connectivity index (χ4n) is 0. The predicted octanol–water partition coefficient (Wildman–Crippen LogP) is -1.76. The third kappa shape index (κ3) is 65.0. The first-order chi connectivity index (χ1) is 1.00. The van der Waals surface area contributed by atoms with Crippen molar-refractivity contribution in [2.24, 2.45) is 0 Å². The van der Waals surface area contributed by atoms with Crippen LogP contribution in [-0.4, -0.2) is 0 Å². The van der Waals surface area contributed by atoms with E-state index in [1.165, 1.54) is 0 Å². The van der Waals surface area contributed by atoms with Gasteiger partial charge in [-0.1, -0.05) is 0 Å². The molecule has 0 spiro atoms. The summed E-state index contributed by atoms with van der Waals surface area (Å²) < 4.78 is 0. The molecule has 0 aromatic rings. The molecule has 0 bridgehead atoms. The minimum absolute atomic E-state index is 0. The molecular weight excluding hydrogens is 131 g/mol. The third-order valence-electron chi connectivity index (χ3n) is 0. The van der Waals surface area contributed by atoms with Crippen LogP contribution >= 0.6 is 0 Å². The maximum absolute atomic E-state index is 3.00. The fraction of sp³-hybridized carbons (Fsp3) is 0. The molecule has 38 valence electrons. The van der Waals surface area contributed by atoms with Gasteiger partial charge >= 0.3 is 29.6 Å². The number of hydrogen-bond acceptors (Lipinski definition) is 2. The Labute approximate surface area is 73.2 Å². The molecule has 0 aromatic heterocycles. The van der Waals surface area contributed by atoms with Crippen molar-refractivity contribution in [2.45, 2.75) is 0 Å². The summed E-state index contributed by atoms with van der Waals surface area (Å²) >= 11 is 0. The molecule has 0 aromatic carbocycles. The van der Waals surface area contributed by atoms with Gasteiger partial charge in [0.15, 0.2) is 0 Å². The van der Waals surface area contributed by atoms with Gasteiger partial charge in [0.05, 0.1) is 0 Å². The Hall–Kier alpha value is 1.18. The van der Waals surface area contributed by atoms with Gasteiger partial charge in [0, 0.05) is 17.1 Å². The van der Waals surface area contributed by atoms with E-state index in [4.69, 9.17) is 0 Å². The second kappa shape index (κ2) is 119. The molecule has 0 heterocycles. The Morgan fingerprint density at radius 1 is 1.00 bits per heavy atom. The summed E-state index contributed by atoms with van der Waals surface area (Å²) in [5, 5.41) is 0. The van der Waals surface area contributed by atoms with Gasteiger partial charge in [0.25, 0.3) is 0 Å². The second-order valence-corrected chi connectivity index (χ2v) is 0. The molecule has 4 heteroatoms. The Bertz CT molecular complexity index is 15.7. The van der Waals surface area contributed by atoms with Crippen LogP contribution in [-0.2, 0) is 17.1 Å². The van der Waals surface area contributed by atoms with Crippen LogP contribution in [0.1, 0.15) is 1.43 Å². The fourth-order valence-corrected chi connectivity index (χ4v) is 0. The van der Waals surface area contributed by atoms with Crippen molar-refractivity contribution in [3.8, 4) is 0 Å². The summed E-state index contributed by atoms with van der Waals surface area (Å²) in [7, 11) is 0. The summed E-state index contributed by atoms with van der Waals surface area (Å²) in [5.41, 5.74) is 0. The van der Waals surface area contributed by atoms with E-state index in [9.17, 15) is 0 Å². The smallest absolute Gasteiger partial charge is 1.00 e. The van der Waals surface area contributed by atoms with E-state index in [2.05, 4.69) is 13.2 Å². The molecule has 0 fully saturated rings. The van der Waals surface area contributed by atoms with Crippen molar-refractivity contribution >= 4 is 0 Å². The van der Waals surface area contributed by atoms with Gasteiger partial charge < -0.3 is 13.7 Å². The molecule has 0 aliphatic rings. The van der Waals surface area contributed by atoms with Crippen molar-refractivity contribution in [3.05, 3.63) is 13.2 Å². The first-order valence-corrected chi connectivity index (χ1v) is 0.500. The topological polar surface area (TPSA) is 70.0 Å². The molecule has 0 aliphatic carbocycles. The Kier molecular flexibility index (Phi) is 1150. The summed E-state index contributed by atoms with van der Waals surface area (Å²) in [6, 6.07) is 0. The van der Waals surface area contributed by atoms with E-state index in [1.54, 1.807) is 0 Å². The Morgan fingerprint density at radius 2 is 1.00 bits per heavy atom. The molecular formula is C2H11FeN2Na. The van der Waals surface area contributed by atoms with Crippen LogP contribution in [0.3, 0.4) is 0 Å². The maximum Gasteiger partial charge on any atom is 1.00 e. The van der Waals surface area contributed by atoms with E-state index < -0.39 is 0 Å². The van der Waals surface area contributed by atoms with Crippen molar-refractivity contribution in [2.75, 3.05) is 0 Å². The van der Waals surface area contributed by atoms with Gasteiger partial charge in [-0.15, -0.1) is 13.2 Å². The van der Waals surface area contributed by atoms with Gasteiger partial charge in [-0.05, 0) is 0 Å². The van der Waals surface area contributed by atoms with Crippen LogP contribution in [0.5, 0.6) is 0 Å². The van der Waals surface area contributed by atoms with Crippen LogP contribution < -0.4 is 41.9 Å². The zero-order chi connectivity index (χ0) is 2.00. The first-order valence-electron chi connectivity index (χ1n) is 0.500. The maximum atomic E-state index is 3.00.